The molecule has 1 aliphatic rings. The summed E-state index contributed by atoms with van der Waals surface area (Å²) >= 11 is 3.84. The topological polar surface area (TPSA) is 0 Å². The minimum Gasteiger partial charge on any atom is -0.152 e. The van der Waals surface area contributed by atoms with Gasteiger partial charge < -0.3 is 0 Å². The molecule has 2 aromatic rings. The van der Waals surface area contributed by atoms with E-state index in [2.05, 4.69) is 30.7 Å². The van der Waals surface area contributed by atoms with Crippen molar-refractivity contribution in [3.63, 3.8) is 0 Å². The summed E-state index contributed by atoms with van der Waals surface area (Å²) in [5.41, 5.74) is 4.65. The van der Waals surface area contributed by atoms with Crippen molar-refractivity contribution in [2.75, 3.05) is 0 Å². The largest absolute Gasteiger partial charge is 0.152 e. The lowest BCUT2D eigenvalue weighted by Gasteiger charge is -2.03. The third-order valence-corrected chi connectivity index (χ3v) is 5.59. The third-order valence-electron chi connectivity index (χ3n) is 3.45. The van der Waals surface area contributed by atoms with Gasteiger partial charge in [0.1, 0.15) is 0 Å². The molecule has 1 aliphatic carbocycles. The fourth-order valence-corrected chi connectivity index (χ4v) is 4.22. The van der Waals surface area contributed by atoms with Gasteiger partial charge in [-0.3, -0.25) is 0 Å². The molecule has 0 amide bonds. The normalized spacial score (nSPS) is 15.6. The molecule has 0 aliphatic heterocycles. The van der Waals surface area contributed by atoms with Crippen LogP contribution in [-0.4, -0.2) is 0 Å². The first-order valence-electron chi connectivity index (χ1n) is 5.85. The van der Waals surface area contributed by atoms with E-state index in [9.17, 15) is 0 Å². The number of hydrogen-bond acceptors (Lipinski definition) is 2. The second-order valence-electron chi connectivity index (χ2n) is 4.71. The van der Waals surface area contributed by atoms with Crippen molar-refractivity contribution in [3.05, 3.63) is 43.3 Å². The number of aryl methyl sites for hydroxylation is 1. The van der Waals surface area contributed by atoms with Crippen molar-refractivity contribution in [2.45, 2.75) is 39.0 Å². The van der Waals surface area contributed by atoms with Gasteiger partial charge in [-0.15, -0.1) is 11.3 Å². The van der Waals surface area contributed by atoms with Gasteiger partial charge in [-0.2, -0.15) is 11.3 Å². The van der Waals surface area contributed by atoms with Gasteiger partial charge in [0, 0.05) is 9.75 Å². The maximum absolute atomic E-state index is 2.29. The van der Waals surface area contributed by atoms with Gasteiger partial charge in [0.15, 0.2) is 0 Å². The number of rotatable bonds is 3. The van der Waals surface area contributed by atoms with Crippen LogP contribution in [0.2, 0.25) is 0 Å². The van der Waals surface area contributed by atoms with E-state index in [1.807, 2.05) is 11.3 Å². The molecular weight excluding hydrogens is 232 g/mol. The summed E-state index contributed by atoms with van der Waals surface area (Å²) in [4.78, 5) is 3.20. The fraction of sp³-hybridized carbons (Fsp3) is 0.429. The van der Waals surface area contributed by atoms with E-state index < -0.39 is 0 Å². The molecule has 16 heavy (non-hydrogen) atoms. The summed E-state index contributed by atoms with van der Waals surface area (Å²) in [6, 6.07) is 2.26. The van der Waals surface area contributed by atoms with Crippen molar-refractivity contribution in [3.8, 4) is 0 Å². The molecule has 2 aromatic heterocycles. The van der Waals surface area contributed by atoms with Gasteiger partial charge in [-0.1, -0.05) is 0 Å². The highest BCUT2D eigenvalue weighted by molar-refractivity contribution is 7.12. The average Bonchev–Trinajstić information content (AvgIpc) is 2.92. The third kappa shape index (κ3) is 1.85. The maximum atomic E-state index is 2.29. The van der Waals surface area contributed by atoms with Crippen molar-refractivity contribution < 1.29 is 0 Å². The molecule has 84 valence electrons. The van der Waals surface area contributed by atoms with Gasteiger partial charge in [0.25, 0.3) is 0 Å². The highest BCUT2D eigenvalue weighted by atomic mass is 32.1. The summed E-state index contributed by atoms with van der Waals surface area (Å²) in [6.07, 6.45) is 3.97. The molecule has 0 radical (unpaired) electrons. The van der Waals surface area contributed by atoms with Gasteiger partial charge >= 0.3 is 0 Å². The van der Waals surface area contributed by atoms with Crippen LogP contribution < -0.4 is 0 Å². The Morgan fingerprint density at radius 2 is 2.12 bits per heavy atom. The summed E-state index contributed by atoms with van der Waals surface area (Å²) in [5, 5.41) is 4.46. The first kappa shape index (κ1) is 10.5. The number of thiophene rings is 2. The van der Waals surface area contributed by atoms with E-state index in [1.165, 1.54) is 28.8 Å². The molecular formula is C14H16S2. The van der Waals surface area contributed by atoms with Crippen LogP contribution >= 0.6 is 22.7 Å². The van der Waals surface area contributed by atoms with Gasteiger partial charge in [0.05, 0.1) is 0 Å². The van der Waals surface area contributed by atoms with Crippen LogP contribution in [0, 0.1) is 13.8 Å². The van der Waals surface area contributed by atoms with Gasteiger partial charge in [0.2, 0.25) is 0 Å². The predicted molar refractivity (Wildman–Crippen MR) is 72.9 cm³/mol. The van der Waals surface area contributed by atoms with Crippen LogP contribution in [0.5, 0.6) is 0 Å². The molecule has 0 aromatic carbocycles. The molecule has 0 bridgehead atoms. The molecule has 0 nitrogen and oxygen atoms in total. The van der Waals surface area contributed by atoms with Crippen LogP contribution in [-0.2, 0) is 6.42 Å². The van der Waals surface area contributed by atoms with Crippen molar-refractivity contribution in [2.24, 2.45) is 0 Å². The molecule has 3 rings (SSSR count). The highest BCUT2D eigenvalue weighted by Gasteiger charge is 2.29. The van der Waals surface area contributed by atoms with Crippen LogP contribution in [0.15, 0.2) is 16.8 Å². The second kappa shape index (κ2) is 4.01. The average molecular weight is 248 g/mol. The van der Waals surface area contributed by atoms with Crippen LogP contribution in [0.25, 0.3) is 0 Å². The molecule has 1 saturated carbocycles. The minimum atomic E-state index is 0.894. The number of hydrogen-bond donors (Lipinski definition) is 0. The maximum Gasteiger partial charge on any atom is 0.0117 e. The van der Waals surface area contributed by atoms with E-state index in [0.29, 0.717) is 0 Å². The summed E-state index contributed by atoms with van der Waals surface area (Å²) in [5.74, 6) is 0.894. The van der Waals surface area contributed by atoms with Gasteiger partial charge in [-0.25, -0.2) is 0 Å². The Bertz CT molecular complexity index is 487. The molecule has 0 N–H and O–H groups in total. The summed E-state index contributed by atoms with van der Waals surface area (Å²) < 4.78 is 0. The smallest absolute Gasteiger partial charge is 0.0117 e. The van der Waals surface area contributed by atoms with Crippen LogP contribution in [0.3, 0.4) is 0 Å². The Hall–Kier alpha value is -0.600. The quantitative estimate of drug-likeness (QED) is 0.725. The molecule has 0 atom stereocenters. The first-order chi connectivity index (χ1) is 7.75. The molecule has 0 spiro atoms. The summed E-state index contributed by atoms with van der Waals surface area (Å²) in [6.45, 7) is 4.56. The van der Waals surface area contributed by atoms with Crippen molar-refractivity contribution >= 4 is 22.7 Å². The highest BCUT2D eigenvalue weighted by Crippen LogP contribution is 2.47. The Morgan fingerprint density at radius 3 is 2.75 bits per heavy atom. The second-order valence-corrected chi connectivity index (χ2v) is 6.75. The fourth-order valence-electron chi connectivity index (χ4n) is 2.19. The van der Waals surface area contributed by atoms with Crippen LogP contribution in [0.4, 0.5) is 0 Å². The predicted octanol–water partition coefficient (Wildman–Crippen LogP) is 4.89. The molecule has 2 heterocycles. The standard InChI is InChI=1S/C14H16S2/c1-9-10(2)16-14(12-3-4-12)13(9)7-11-5-6-15-8-11/h5-6,8,12H,3-4,7H2,1-2H3. The van der Waals surface area contributed by atoms with E-state index in [0.717, 1.165) is 12.3 Å². The van der Waals surface area contributed by atoms with Crippen molar-refractivity contribution in [1.82, 2.24) is 0 Å². The monoisotopic (exact) mass is 248 g/mol. The zero-order chi connectivity index (χ0) is 11.1. The van der Waals surface area contributed by atoms with E-state index in [4.69, 9.17) is 0 Å². The Balaban J connectivity index is 1.98. The van der Waals surface area contributed by atoms with E-state index >= 15 is 0 Å². The Labute approximate surface area is 105 Å². The lowest BCUT2D eigenvalue weighted by atomic mass is 10.0. The molecule has 1 fully saturated rings. The van der Waals surface area contributed by atoms with Crippen LogP contribution in [0.1, 0.15) is 45.2 Å². The Kier molecular flexibility index (Phi) is 2.64. The lowest BCUT2D eigenvalue weighted by Crippen LogP contribution is -1.91. The molecule has 0 saturated heterocycles. The van der Waals surface area contributed by atoms with Crippen molar-refractivity contribution in [1.29, 1.82) is 0 Å². The molecule has 0 unspecified atom stereocenters. The zero-order valence-electron chi connectivity index (χ0n) is 9.75. The zero-order valence-corrected chi connectivity index (χ0v) is 11.4. The van der Waals surface area contributed by atoms with E-state index in [-0.39, 0.29) is 0 Å². The SMILES string of the molecule is Cc1sc(C2CC2)c(Cc2ccsc2)c1C. The van der Waals surface area contributed by atoms with Gasteiger partial charge in [-0.05, 0) is 72.5 Å². The Morgan fingerprint density at radius 1 is 1.31 bits per heavy atom. The van der Waals surface area contributed by atoms with E-state index in [1.54, 1.807) is 21.8 Å². The summed E-state index contributed by atoms with van der Waals surface area (Å²) in [7, 11) is 0. The molecule has 2 heteroatoms. The lowest BCUT2D eigenvalue weighted by molar-refractivity contribution is 1.08. The minimum absolute atomic E-state index is 0.894. The first-order valence-corrected chi connectivity index (χ1v) is 7.61.